The van der Waals surface area contributed by atoms with Gasteiger partial charge in [0.05, 0.1) is 13.2 Å². The van der Waals surface area contributed by atoms with Crippen LogP contribution in [-0.2, 0) is 9.47 Å². The van der Waals surface area contributed by atoms with E-state index in [1.165, 1.54) is 25.7 Å². The summed E-state index contributed by atoms with van der Waals surface area (Å²) in [5.74, 6) is 0. The second-order valence-electron chi connectivity index (χ2n) is 5.04. The molecule has 2 heterocycles. The van der Waals surface area contributed by atoms with Gasteiger partial charge in [0.1, 0.15) is 0 Å². The Bertz CT molecular complexity index is 207. The van der Waals surface area contributed by atoms with E-state index in [9.17, 15) is 5.11 Å². The molecule has 0 saturated carbocycles. The number of hydrogen-bond donors (Lipinski definition) is 1. The Hall–Kier alpha value is -0.160. The highest BCUT2D eigenvalue weighted by atomic mass is 16.7. The molecule has 2 atom stereocenters. The molecule has 0 bridgehead atoms. The lowest BCUT2D eigenvalue weighted by molar-refractivity contribution is -0.165. The van der Waals surface area contributed by atoms with Gasteiger partial charge in [-0.05, 0) is 38.6 Å². The van der Waals surface area contributed by atoms with Gasteiger partial charge in [-0.1, -0.05) is 6.42 Å². The van der Waals surface area contributed by atoms with Gasteiger partial charge in [0, 0.05) is 19.2 Å². The van der Waals surface area contributed by atoms with Gasteiger partial charge < -0.3 is 14.6 Å². The molecule has 2 fully saturated rings. The van der Waals surface area contributed by atoms with Crippen LogP contribution in [0.3, 0.4) is 0 Å². The molecule has 0 amide bonds. The fourth-order valence-electron chi connectivity index (χ4n) is 2.71. The third kappa shape index (κ3) is 4.21. The van der Waals surface area contributed by atoms with Crippen LogP contribution in [0.5, 0.6) is 0 Å². The minimum atomic E-state index is 0.0149. The Morgan fingerprint density at radius 3 is 2.82 bits per heavy atom. The average Bonchev–Trinajstić information content (AvgIpc) is 2.40. The minimum absolute atomic E-state index is 0.0149. The monoisotopic (exact) mass is 243 g/mol. The average molecular weight is 243 g/mol. The molecule has 2 saturated heterocycles. The number of nitrogens with zero attached hydrogens (tertiary/aromatic N) is 1. The summed E-state index contributed by atoms with van der Waals surface area (Å²) < 4.78 is 11.3. The molecule has 0 radical (unpaired) electrons. The van der Waals surface area contributed by atoms with E-state index in [4.69, 9.17) is 9.47 Å². The van der Waals surface area contributed by atoms with Gasteiger partial charge in [0.25, 0.3) is 0 Å². The number of ether oxygens (including phenoxy) is 2. The van der Waals surface area contributed by atoms with Crippen molar-refractivity contribution >= 4 is 0 Å². The SMILES string of the molecule is OCC1CCCCN1CCOC1CCCCO1. The molecule has 100 valence electrons. The van der Waals surface area contributed by atoms with Crippen LogP contribution < -0.4 is 0 Å². The highest BCUT2D eigenvalue weighted by molar-refractivity contribution is 4.75. The fourth-order valence-corrected chi connectivity index (χ4v) is 2.71. The van der Waals surface area contributed by atoms with Crippen LogP contribution in [-0.4, -0.2) is 55.2 Å². The molecule has 2 unspecified atom stereocenters. The lowest BCUT2D eigenvalue weighted by Crippen LogP contribution is -2.43. The minimum Gasteiger partial charge on any atom is -0.395 e. The Balaban J connectivity index is 1.62. The van der Waals surface area contributed by atoms with Crippen LogP contribution in [0.1, 0.15) is 38.5 Å². The first-order valence-corrected chi connectivity index (χ1v) is 6.98. The zero-order chi connectivity index (χ0) is 11.9. The van der Waals surface area contributed by atoms with Crippen molar-refractivity contribution in [2.24, 2.45) is 0 Å². The van der Waals surface area contributed by atoms with E-state index in [2.05, 4.69) is 4.90 Å². The molecule has 17 heavy (non-hydrogen) atoms. The van der Waals surface area contributed by atoms with Gasteiger partial charge in [-0.3, -0.25) is 4.90 Å². The van der Waals surface area contributed by atoms with Crippen molar-refractivity contribution in [1.82, 2.24) is 4.90 Å². The molecule has 2 rings (SSSR count). The zero-order valence-electron chi connectivity index (χ0n) is 10.6. The van der Waals surface area contributed by atoms with Gasteiger partial charge in [-0.25, -0.2) is 0 Å². The maximum absolute atomic E-state index is 9.30. The van der Waals surface area contributed by atoms with Crippen molar-refractivity contribution in [1.29, 1.82) is 0 Å². The summed E-state index contributed by atoms with van der Waals surface area (Å²) >= 11 is 0. The normalized spacial score (nSPS) is 31.6. The molecule has 0 spiro atoms. The van der Waals surface area contributed by atoms with Crippen molar-refractivity contribution in [3.8, 4) is 0 Å². The molecule has 2 aliphatic heterocycles. The highest BCUT2D eigenvalue weighted by Crippen LogP contribution is 2.17. The molecule has 4 heteroatoms. The van der Waals surface area contributed by atoms with Crippen molar-refractivity contribution in [3.05, 3.63) is 0 Å². The Kier molecular flexibility index (Phi) is 5.71. The van der Waals surface area contributed by atoms with Crippen molar-refractivity contribution in [3.63, 3.8) is 0 Å². The van der Waals surface area contributed by atoms with Crippen LogP contribution in [0, 0.1) is 0 Å². The van der Waals surface area contributed by atoms with Gasteiger partial charge in [-0.15, -0.1) is 0 Å². The molecule has 0 aromatic rings. The van der Waals surface area contributed by atoms with E-state index in [-0.39, 0.29) is 12.9 Å². The van der Waals surface area contributed by atoms with Gasteiger partial charge in [0.15, 0.2) is 6.29 Å². The number of likely N-dealkylation sites (tertiary alicyclic amines) is 1. The van der Waals surface area contributed by atoms with E-state index in [1.807, 2.05) is 0 Å². The first kappa shape index (κ1) is 13.3. The number of hydrogen-bond acceptors (Lipinski definition) is 4. The van der Waals surface area contributed by atoms with E-state index in [1.54, 1.807) is 0 Å². The molecule has 0 aliphatic carbocycles. The lowest BCUT2D eigenvalue weighted by Gasteiger charge is -2.34. The number of piperidine rings is 1. The van der Waals surface area contributed by atoms with E-state index < -0.39 is 0 Å². The first-order chi connectivity index (χ1) is 8.40. The highest BCUT2D eigenvalue weighted by Gasteiger charge is 2.21. The third-order valence-electron chi connectivity index (χ3n) is 3.78. The third-order valence-corrected chi connectivity index (χ3v) is 3.78. The van der Waals surface area contributed by atoms with E-state index in [0.29, 0.717) is 6.04 Å². The quantitative estimate of drug-likeness (QED) is 0.792. The largest absolute Gasteiger partial charge is 0.395 e. The second-order valence-corrected chi connectivity index (χ2v) is 5.04. The molecule has 1 N–H and O–H groups in total. The summed E-state index contributed by atoms with van der Waals surface area (Å²) in [7, 11) is 0. The summed E-state index contributed by atoms with van der Waals surface area (Å²) in [6.07, 6.45) is 7.04. The molecule has 0 aromatic heterocycles. The van der Waals surface area contributed by atoms with Gasteiger partial charge in [-0.2, -0.15) is 0 Å². The number of aliphatic hydroxyl groups excluding tert-OH is 1. The molecule has 2 aliphatic rings. The van der Waals surface area contributed by atoms with Crippen LogP contribution in [0.25, 0.3) is 0 Å². The summed E-state index contributed by atoms with van der Waals surface area (Å²) in [4.78, 5) is 2.35. The van der Waals surface area contributed by atoms with Crippen LogP contribution >= 0.6 is 0 Å². The predicted octanol–water partition coefficient (Wildman–Crippen LogP) is 1.38. The van der Waals surface area contributed by atoms with Gasteiger partial charge in [0.2, 0.25) is 0 Å². The molecular weight excluding hydrogens is 218 g/mol. The first-order valence-electron chi connectivity index (χ1n) is 6.98. The van der Waals surface area contributed by atoms with Crippen molar-refractivity contribution in [2.75, 3.05) is 32.9 Å². The summed E-state index contributed by atoms with van der Waals surface area (Å²) in [5.41, 5.74) is 0. The fraction of sp³-hybridized carbons (Fsp3) is 1.00. The van der Waals surface area contributed by atoms with E-state index in [0.717, 1.165) is 39.1 Å². The number of rotatable bonds is 5. The molecule has 0 aromatic carbocycles. The van der Waals surface area contributed by atoms with E-state index >= 15 is 0 Å². The number of aliphatic hydroxyl groups is 1. The Morgan fingerprint density at radius 1 is 1.18 bits per heavy atom. The zero-order valence-corrected chi connectivity index (χ0v) is 10.6. The molecule has 4 nitrogen and oxygen atoms in total. The second kappa shape index (κ2) is 7.31. The predicted molar refractivity (Wildman–Crippen MR) is 65.8 cm³/mol. The van der Waals surface area contributed by atoms with Gasteiger partial charge >= 0.3 is 0 Å². The summed E-state index contributed by atoms with van der Waals surface area (Å²) in [6.45, 7) is 3.86. The standard InChI is InChI=1S/C13H25NO3/c15-11-12-5-1-3-7-14(12)8-10-17-13-6-2-4-9-16-13/h12-13,15H,1-11H2. The van der Waals surface area contributed by atoms with Crippen LogP contribution in [0.4, 0.5) is 0 Å². The Morgan fingerprint density at radius 2 is 2.06 bits per heavy atom. The Labute approximate surface area is 104 Å². The summed E-state index contributed by atoms with van der Waals surface area (Å²) in [6, 6.07) is 0.347. The topological polar surface area (TPSA) is 41.9 Å². The smallest absolute Gasteiger partial charge is 0.157 e. The van der Waals surface area contributed by atoms with Crippen molar-refractivity contribution in [2.45, 2.75) is 50.9 Å². The molecular formula is C13H25NO3. The van der Waals surface area contributed by atoms with Crippen LogP contribution in [0.2, 0.25) is 0 Å². The summed E-state index contributed by atoms with van der Waals surface area (Å²) in [5, 5.41) is 9.30. The lowest BCUT2D eigenvalue weighted by atomic mass is 10.0. The van der Waals surface area contributed by atoms with Crippen LogP contribution in [0.15, 0.2) is 0 Å². The maximum atomic E-state index is 9.30. The van der Waals surface area contributed by atoms with Crippen molar-refractivity contribution < 1.29 is 14.6 Å². The maximum Gasteiger partial charge on any atom is 0.157 e.